The van der Waals surface area contributed by atoms with Gasteiger partial charge in [-0.2, -0.15) is 0 Å². The van der Waals surface area contributed by atoms with E-state index in [0.717, 1.165) is 0 Å². The van der Waals surface area contributed by atoms with Gasteiger partial charge in [-0.05, 0) is 43.7 Å². The fraction of sp³-hybridized carbons (Fsp3) is 0.176. The van der Waals surface area contributed by atoms with E-state index in [4.69, 9.17) is 4.74 Å². The van der Waals surface area contributed by atoms with E-state index in [1.54, 1.807) is 32.0 Å². The number of carbonyl (C=O) groups excluding carboxylic acids is 2. The SMILES string of the molecule is COc1ccc2c(c1C)C(=O)c1cc(O)c(C)cc1C2=O. The summed E-state index contributed by atoms with van der Waals surface area (Å²) >= 11 is 0. The van der Waals surface area contributed by atoms with Crippen molar-refractivity contribution >= 4 is 11.6 Å². The summed E-state index contributed by atoms with van der Waals surface area (Å²) in [7, 11) is 1.52. The minimum atomic E-state index is -0.258. The average molecular weight is 282 g/mol. The van der Waals surface area contributed by atoms with Crippen LogP contribution in [0.2, 0.25) is 0 Å². The summed E-state index contributed by atoms with van der Waals surface area (Å²) in [6.07, 6.45) is 0. The minimum Gasteiger partial charge on any atom is -0.508 e. The highest BCUT2D eigenvalue weighted by molar-refractivity contribution is 6.29. The third-order valence-corrected chi connectivity index (χ3v) is 3.93. The first-order valence-electron chi connectivity index (χ1n) is 6.56. The van der Waals surface area contributed by atoms with Crippen LogP contribution >= 0.6 is 0 Å². The number of rotatable bonds is 1. The first kappa shape index (κ1) is 13.4. The molecule has 0 aromatic heterocycles. The van der Waals surface area contributed by atoms with E-state index >= 15 is 0 Å². The first-order chi connectivity index (χ1) is 9.95. The van der Waals surface area contributed by atoms with Crippen molar-refractivity contribution in [2.45, 2.75) is 13.8 Å². The van der Waals surface area contributed by atoms with Crippen LogP contribution in [0.4, 0.5) is 0 Å². The molecular weight excluding hydrogens is 268 g/mol. The predicted molar refractivity (Wildman–Crippen MR) is 77.4 cm³/mol. The first-order valence-corrected chi connectivity index (χ1v) is 6.56. The van der Waals surface area contributed by atoms with Crippen LogP contribution in [0.5, 0.6) is 11.5 Å². The second kappa shape index (κ2) is 4.45. The van der Waals surface area contributed by atoms with Crippen molar-refractivity contribution < 1.29 is 19.4 Å². The maximum absolute atomic E-state index is 12.7. The predicted octanol–water partition coefficient (Wildman–Crippen LogP) is 2.79. The van der Waals surface area contributed by atoms with Gasteiger partial charge < -0.3 is 9.84 Å². The molecule has 0 atom stereocenters. The fourth-order valence-corrected chi connectivity index (χ4v) is 2.75. The summed E-state index contributed by atoms with van der Waals surface area (Å²) < 4.78 is 5.21. The van der Waals surface area contributed by atoms with E-state index in [1.807, 2.05) is 0 Å². The minimum absolute atomic E-state index is 0.0129. The number of methoxy groups -OCH3 is 1. The molecule has 0 heterocycles. The van der Waals surface area contributed by atoms with Crippen LogP contribution in [0.3, 0.4) is 0 Å². The molecule has 0 fully saturated rings. The maximum atomic E-state index is 12.7. The Morgan fingerprint density at radius 2 is 1.62 bits per heavy atom. The molecule has 0 aliphatic heterocycles. The summed E-state index contributed by atoms with van der Waals surface area (Å²) in [5.41, 5.74) is 2.54. The average Bonchev–Trinajstić information content (AvgIpc) is 2.46. The van der Waals surface area contributed by atoms with Crippen LogP contribution in [0.25, 0.3) is 0 Å². The quantitative estimate of drug-likeness (QED) is 0.745. The van der Waals surface area contributed by atoms with Gasteiger partial charge in [0.05, 0.1) is 7.11 Å². The highest BCUT2D eigenvalue weighted by Gasteiger charge is 2.32. The Balaban J connectivity index is 2.33. The van der Waals surface area contributed by atoms with Crippen LogP contribution in [0.1, 0.15) is 43.0 Å². The second-order valence-corrected chi connectivity index (χ2v) is 5.16. The van der Waals surface area contributed by atoms with Crippen LogP contribution in [-0.4, -0.2) is 23.8 Å². The van der Waals surface area contributed by atoms with E-state index in [-0.39, 0.29) is 22.9 Å². The summed E-state index contributed by atoms with van der Waals surface area (Å²) in [6, 6.07) is 6.24. The Morgan fingerprint density at radius 3 is 2.29 bits per heavy atom. The Morgan fingerprint density at radius 1 is 0.952 bits per heavy atom. The molecule has 0 spiro atoms. The number of phenolic OH excluding ortho intramolecular Hbond substituents is 1. The molecular formula is C17H14O4. The molecule has 2 aromatic carbocycles. The van der Waals surface area contributed by atoms with Gasteiger partial charge in [0.25, 0.3) is 0 Å². The molecule has 0 unspecified atom stereocenters. The third-order valence-electron chi connectivity index (χ3n) is 3.93. The van der Waals surface area contributed by atoms with Gasteiger partial charge in [-0.15, -0.1) is 0 Å². The Hall–Kier alpha value is -2.62. The Bertz CT molecular complexity index is 803. The van der Waals surface area contributed by atoms with Crippen molar-refractivity contribution in [3.8, 4) is 11.5 Å². The van der Waals surface area contributed by atoms with Crippen molar-refractivity contribution in [1.29, 1.82) is 0 Å². The highest BCUT2D eigenvalue weighted by Crippen LogP contribution is 2.35. The summed E-state index contributed by atoms with van der Waals surface area (Å²) in [5.74, 6) is 0.119. The number of benzene rings is 2. The fourth-order valence-electron chi connectivity index (χ4n) is 2.75. The normalized spacial score (nSPS) is 12.9. The molecule has 0 amide bonds. The van der Waals surface area contributed by atoms with E-state index in [2.05, 4.69) is 0 Å². The number of aromatic hydroxyl groups is 1. The Labute approximate surface area is 122 Å². The zero-order valence-electron chi connectivity index (χ0n) is 12.0. The van der Waals surface area contributed by atoms with Crippen molar-refractivity contribution in [3.05, 3.63) is 57.6 Å². The molecule has 0 saturated carbocycles. The maximum Gasteiger partial charge on any atom is 0.195 e. The molecule has 1 aliphatic rings. The van der Waals surface area contributed by atoms with Crippen LogP contribution < -0.4 is 4.74 Å². The number of hydrogen-bond acceptors (Lipinski definition) is 4. The lowest BCUT2D eigenvalue weighted by Gasteiger charge is -2.21. The summed E-state index contributed by atoms with van der Waals surface area (Å²) in [4.78, 5) is 25.3. The number of hydrogen-bond donors (Lipinski definition) is 1. The highest BCUT2D eigenvalue weighted by atomic mass is 16.5. The molecule has 0 saturated heterocycles. The van der Waals surface area contributed by atoms with Gasteiger partial charge in [-0.25, -0.2) is 0 Å². The zero-order valence-corrected chi connectivity index (χ0v) is 12.0. The molecule has 0 radical (unpaired) electrons. The number of ether oxygens (including phenoxy) is 1. The summed E-state index contributed by atoms with van der Waals surface area (Å²) in [6.45, 7) is 3.45. The third kappa shape index (κ3) is 1.76. The van der Waals surface area contributed by atoms with Gasteiger partial charge >= 0.3 is 0 Å². The molecule has 4 nitrogen and oxygen atoms in total. The lowest BCUT2D eigenvalue weighted by atomic mass is 9.81. The number of aryl methyl sites for hydroxylation is 1. The molecule has 2 aromatic rings. The van der Waals surface area contributed by atoms with Crippen molar-refractivity contribution in [2.75, 3.05) is 7.11 Å². The van der Waals surface area contributed by atoms with E-state index < -0.39 is 0 Å². The molecule has 106 valence electrons. The van der Waals surface area contributed by atoms with Gasteiger partial charge in [0.15, 0.2) is 11.6 Å². The monoisotopic (exact) mass is 282 g/mol. The van der Waals surface area contributed by atoms with Gasteiger partial charge in [0, 0.05) is 27.8 Å². The molecule has 3 rings (SSSR count). The number of ketones is 2. The standard InChI is InChI=1S/C17H14O4/c1-8-6-11-12(7-13(8)18)17(20)15-9(2)14(21-3)5-4-10(15)16(11)19/h4-7,18H,1-3H3. The van der Waals surface area contributed by atoms with Crippen LogP contribution in [0.15, 0.2) is 24.3 Å². The lowest BCUT2D eigenvalue weighted by molar-refractivity contribution is 0.0978. The molecule has 1 N–H and O–H groups in total. The smallest absolute Gasteiger partial charge is 0.195 e. The van der Waals surface area contributed by atoms with E-state index in [0.29, 0.717) is 33.6 Å². The second-order valence-electron chi connectivity index (χ2n) is 5.16. The van der Waals surface area contributed by atoms with Gasteiger partial charge in [0.2, 0.25) is 0 Å². The van der Waals surface area contributed by atoms with Gasteiger partial charge in [-0.1, -0.05) is 0 Å². The zero-order chi connectivity index (χ0) is 15.3. The number of fused-ring (bicyclic) bond motifs is 2. The van der Waals surface area contributed by atoms with Crippen LogP contribution in [0, 0.1) is 13.8 Å². The number of phenols is 1. The molecule has 4 heteroatoms. The van der Waals surface area contributed by atoms with Gasteiger partial charge in [0.1, 0.15) is 11.5 Å². The topological polar surface area (TPSA) is 63.6 Å². The lowest BCUT2D eigenvalue weighted by Crippen LogP contribution is -2.22. The Kier molecular flexibility index (Phi) is 2.83. The molecule has 1 aliphatic carbocycles. The van der Waals surface area contributed by atoms with Gasteiger partial charge in [-0.3, -0.25) is 9.59 Å². The largest absolute Gasteiger partial charge is 0.508 e. The molecule has 21 heavy (non-hydrogen) atoms. The van der Waals surface area contributed by atoms with Crippen molar-refractivity contribution in [2.24, 2.45) is 0 Å². The summed E-state index contributed by atoms with van der Waals surface area (Å²) in [5, 5.41) is 9.81. The number of carbonyl (C=O) groups is 2. The van der Waals surface area contributed by atoms with Crippen molar-refractivity contribution in [1.82, 2.24) is 0 Å². The van der Waals surface area contributed by atoms with Crippen molar-refractivity contribution in [3.63, 3.8) is 0 Å². The van der Waals surface area contributed by atoms with E-state index in [1.165, 1.54) is 13.2 Å². The van der Waals surface area contributed by atoms with E-state index in [9.17, 15) is 14.7 Å². The molecule has 0 bridgehead atoms. The van der Waals surface area contributed by atoms with Crippen LogP contribution in [-0.2, 0) is 0 Å².